The molecule has 27 heavy (non-hydrogen) atoms. The normalized spacial score (nSPS) is 18.4. The van der Waals surface area contributed by atoms with Crippen LogP contribution in [-0.2, 0) is 0 Å². The first-order valence-electron chi connectivity index (χ1n) is 8.62. The van der Waals surface area contributed by atoms with Crippen LogP contribution < -0.4 is 20.9 Å². The molecule has 2 aliphatic rings. The number of aromatic nitrogens is 1. The molecule has 1 unspecified atom stereocenters. The molecule has 1 aromatic carbocycles. The van der Waals surface area contributed by atoms with E-state index in [1.807, 2.05) is 12.1 Å². The highest BCUT2D eigenvalue weighted by atomic mass is 32.1. The molecule has 0 aliphatic carbocycles. The van der Waals surface area contributed by atoms with Crippen LogP contribution >= 0.6 is 12.2 Å². The van der Waals surface area contributed by atoms with E-state index in [4.69, 9.17) is 21.7 Å². The van der Waals surface area contributed by atoms with E-state index in [-0.39, 0.29) is 12.0 Å². The van der Waals surface area contributed by atoms with Gasteiger partial charge in [0.15, 0.2) is 5.11 Å². The summed E-state index contributed by atoms with van der Waals surface area (Å²) >= 11 is 5.50. The highest BCUT2D eigenvalue weighted by molar-refractivity contribution is 7.80. The predicted molar refractivity (Wildman–Crippen MR) is 106 cm³/mol. The SMILES string of the molecule is COc1ccc(NC(=S)N2CC(C3CCOc4cc(F)ccc43)C2)cn1.N. The number of rotatable bonds is 3. The molecule has 4 N–H and O–H groups in total. The van der Waals surface area contributed by atoms with Crippen LogP contribution in [0.4, 0.5) is 10.1 Å². The van der Waals surface area contributed by atoms with Gasteiger partial charge in [0.2, 0.25) is 5.88 Å². The van der Waals surface area contributed by atoms with Crippen molar-refractivity contribution in [2.45, 2.75) is 12.3 Å². The number of halogens is 1. The Bertz CT molecular complexity index is 812. The molecule has 3 heterocycles. The average molecular weight is 390 g/mol. The Balaban J connectivity index is 0.00000210. The summed E-state index contributed by atoms with van der Waals surface area (Å²) in [7, 11) is 1.59. The van der Waals surface area contributed by atoms with Crippen LogP contribution in [0.2, 0.25) is 0 Å². The number of nitrogens with zero attached hydrogens (tertiary/aromatic N) is 2. The van der Waals surface area contributed by atoms with Crippen molar-refractivity contribution >= 4 is 23.0 Å². The van der Waals surface area contributed by atoms with Gasteiger partial charge >= 0.3 is 0 Å². The number of anilines is 1. The molecule has 0 spiro atoms. The second kappa shape index (κ2) is 8.06. The van der Waals surface area contributed by atoms with Crippen molar-refractivity contribution in [1.82, 2.24) is 16.0 Å². The average Bonchev–Trinajstić information content (AvgIpc) is 2.61. The van der Waals surface area contributed by atoms with E-state index in [0.29, 0.717) is 35.2 Å². The standard InChI is InChI=1S/C19H20FN3O2S.H3N/c1-24-18-5-3-14(9-21-18)22-19(26)23-10-12(11-23)15-6-7-25-17-8-13(20)2-4-16(15)17;/h2-5,8-9,12,15H,6-7,10-11H2,1H3,(H,22,26);1H3. The van der Waals surface area contributed by atoms with Gasteiger partial charge in [-0.05, 0) is 42.3 Å². The molecular formula is C19H23FN4O2S. The van der Waals surface area contributed by atoms with E-state index in [2.05, 4.69) is 15.2 Å². The molecule has 2 aromatic rings. The maximum Gasteiger partial charge on any atom is 0.213 e. The minimum Gasteiger partial charge on any atom is -0.493 e. The summed E-state index contributed by atoms with van der Waals surface area (Å²) in [5, 5.41) is 3.90. The second-order valence-corrected chi connectivity index (χ2v) is 7.00. The number of pyridine rings is 1. The van der Waals surface area contributed by atoms with Gasteiger partial charge in [-0.1, -0.05) is 6.07 Å². The molecule has 1 fully saturated rings. The third-order valence-corrected chi connectivity index (χ3v) is 5.38. The summed E-state index contributed by atoms with van der Waals surface area (Å²) in [5.74, 6) is 1.89. The number of likely N-dealkylation sites (tertiary alicyclic amines) is 1. The zero-order valence-corrected chi connectivity index (χ0v) is 16.0. The fourth-order valence-corrected chi connectivity index (χ4v) is 3.86. The Morgan fingerprint density at radius 2 is 2.15 bits per heavy atom. The van der Waals surface area contributed by atoms with Gasteiger partial charge < -0.3 is 25.8 Å². The summed E-state index contributed by atoms with van der Waals surface area (Å²) in [6.45, 7) is 2.41. The van der Waals surface area contributed by atoms with Crippen LogP contribution in [0.1, 0.15) is 17.9 Å². The first kappa shape index (κ1) is 19.3. The molecule has 0 bridgehead atoms. The van der Waals surface area contributed by atoms with Gasteiger partial charge in [0, 0.05) is 31.1 Å². The number of methoxy groups -OCH3 is 1. The third-order valence-electron chi connectivity index (χ3n) is 5.02. The first-order valence-corrected chi connectivity index (χ1v) is 9.03. The van der Waals surface area contributed by atoms with Gasteiger partial charge in [0.25, 0.3) is 0 Å². The lowest BCUT2D eigenvalue weighted by atomic mass is 9.78. The Labute approximate surface area is 163 Å². The van der Waals surface area contributed by atoms with Crippen molar-refractivity contribution in [3.8, 4) is 11.6 Å². The lowest BCUT2D eigenvalue weighted by Crippen LogP contribution is -2.53. The molecular weight excluding hydrogens is 367 g/mol. The quantitative estimate of drug-likeness (QED) is 0.775. The van der Waals surface area contributed by atoms with E-state index < -0.39 is 0 Å². The summed E-state index contributed by atoms with van der Waals surface area (Å²) in [6.07, 6.45) is 2.66. The third kappa shape index (κ3) is 3.96. The summed E-state index contributed by atoms with van der Waals surface area (Å²) in [4.78, 5) is 6.31. The Kier molecular flexibility index (Phi) is 5.76. The summed E-state index contributed by atoms with van der Waals surface area (Å²) < 4.78 is 24.1. The smallest absolute Gasteiger partial charge is 0.213 e. The zero-order chi connectivity index (χ0) is 18.1. The minimum absolute atomic E-state index is 0. The molecule has 2 aliphatic heterocycles. The number of thiocarbonyl (C=S) groups is 1. The van der Waals surface area contributed by atoms with Crippen LogP contribution in [0.5, 0.6) is 11.6 Å². The number of hydrogen-bond acceptors (Lipinski definition) is 5. The van der Waals surface area contributed by atoms with Crippen molar-refractivity contribution in [2.24, 2.45) is 5.92 Å². The number of fused-ring (bicyclic) bond motifs is 1. The first-order chi connectivity index (χ1) is 12.6. The lowest BCUT2D eigenvalue weighted by Gasteiger charge is -2.46. The number of nitrogens with one attached hydrogen (secondary N) is 1. The number of ether oxygens (including phenoxy) is 2. The van der Waals surface area contributed by atoms with Crippen LogP contribution in [0.3, 0.4) is 0 Å². The van der Waals surface area contributed by atoms with Gasteiger partial charge in [0.1, 0.15) is 11.6 Å². The van der Waals surface area contributed by atoms with Crippen LogP contribution in [0.25, 0.3) is 0 Å². The van der Waals surface area contributed by atoms with E-state index in [1.54, 1.807) is 19.4 Å². The van der Waals surface area contributed by atoms with Crippen LogP contribution in [0, 0.1) is 11.7 Å². The molecule has 1 saturated heterocycles. The molecule has 8 heteroatoms. The van der Waals surface area contributed by atoms with Crippen molar-refractivity contribution < 1.29 is 13.9 Å². The lowest BCUT2D eigenvalue weighted by molar-refractivity contribution is 0.131. The number of hydrogen-bond donors (Lipinski definition) is 2. The Morgan fingerprint density at radius 3 is 2.85 bits per heavy atom. The monoisotopic (exact) mass is 390 g/mol. The summed E-state index contributed by atoms with van der Waals surface area (Å²) in [5.41, 5.74) is 1.95. The van der Waals surface area contributed by atoms with Crippen LogP contribution in [0.15, 0.2) is 36.5 Å². The van der Waals surface area contributed by atoms with Gasteiger partial charge in [-0.15, -0.1) is 0 Å². The Morgan fingerprint density at radius 1 is 1.33 bits per heavy atom. The highest BCUT2D eigenvalue weighted by Gasteiger charge is 2.38. The highest BCUT2D eigenvalue weighted by Crippen LogP contribution is 2.42. The predicted octanol–water partition coefficient (Wildman–Crippen LogP) is 3.59. The minimum atomic E-state index is -0.252. The Hall–Kier alpha value is -2.45. The molecule has 0 saturated carbocycles. The largest absolute Gasteiger partial charge is 0.493 e. The van der Waals surface area contributed by atoms with Crippen molar-refractivity contribution in [2.75, 3.05) is 32.1 Å². The maximum atomic E-state index is 13.4. The van der Waals surface area contributed by atoms with Gasteiger partial charge in [0.05, 0.1) is 25.6 Å². The summed E-state index contributed by atoms with van der Waals surface area (Å²) in [6, 6.07) is 8.54. The van der Waals surface area contributed by atoms with Crippen molar-refractivity contribution in [1.29, 1.82) is 0 Å². The zero-order valence-electron chi connectivity index (χ0n) is 15.2. The van der Waals surface area contributed by atoms with E-state index >= 15 is 0 Å². The van der Waals surface area contributed by atoms with E-state index in [0.717, 1.165) is 30.8 Å². The van der Waals surface area contributed by atoms with Gasteiger partial charge in [-0.25, -0.2) is 9.37 Å². The maximum absolute atomic E-state index is 13.4. The van der Waals surface area contributed by atoms with E-state index in [9.17, 15) is 4.39 Å². The van der Waals surface area contributed by atoms with Gasteiger partial charge in [-0.3, -0.25) is 0 Å². The van der Waals surface area contributed by atoms with E-state index in [1.165, 1.54) is 12.1 Å². The molecule has 6 nitrogen and oxygen atoms in total. The van der Waals surface area contributed by atoms with Crippen LogP contribution in [-0.4, -0.2) is 41.8 Å². The molecule has 0 radical (unpaired) electrons. The van der Waals surface area contributed by atoms with Crippen molar-refractivity contribution in [3.05, 3.63) is 47.9 Å². The van der Waals surface area contributed by atoms with Crippen molar-refractivity contribution in [3.63, 3.8) is 0 Å². The fourth-order valence-electron chi connectivity index (χ4n) is 3.59. The topological polar surface area (TPSA) is 81.6 Å². The molecule has 144 valence electrons. The molecule has 1 aromatic heterocycles. The fraction of sp³-hybridized carbons (Fsp3) is 0.368. The molecule has 1 atom stereocenters. The molecule has 4 rings (SSSR count). The van der Waals surface area contributed by atoms with Gasteiger partial charge in [-0.2, -0.15) is 0 Å². The molecule has 0 amide bonds. The number of benzene rings is 1. The second-order valence-electron chi connectivity index (χ2n) is 6.61.